The summed E-state index contributed by atoms with van der Waals surface area (Å²) in [6, 6.07) is 18.1. The van der Waals surface area contributed by atoms with Crippen LogP contribution in [0.15, 0.2) is 54.6 Å². The smallest absolute Gasteiger partial charge is 0.151 e. The number of piperazine rings is 1. The largest absolute Gasteiger partial charge is 0.298 e. The van der Waals surface area contributed by atoms with Gasteiger partial charge in [-0.3, -0.25) is 14.6 Å². The zero-order valence-corrected chi connectivity index (χ0v) is 14.6. The maximum atomic E-state index is 12.2. The first-order chi connectivity index (χ1) is 11.7. The van der Waals surface area contributed by atoms with Crippen LogP contribution in [0.4, 0.5) is 0 Å². The van der Waals surface area contributed by atoms with Gasteiger partial charge in [-0.25, -0.2) is 0 Å². The van der Waals surface area contributed by atoms with E-state index in [0.29, 0.717) is 18.0 Å². The van der Waals surface area contributed by atoms with Gasteiger partial charge >= 0.3 is 0 Å². The molecular weight excluding hydrogens is 320 g/mol. The van der Waals surface area contributed by atoms with E-state index in [1.165, 1.54) is 5.56 Å². The highest BCUT2D eigenvalue weighted by Gasteiger charge is 2.19. The average Bonchev–Trinajstić information content (AvgIpc) is 2.60. The van der Waals surface area contributed by atoms with Crippen molar-refractivity contribution in [2.75, 3.05) is 32.7 Å². The normalized spacial score (nSPS) is 16.2. The van der Waals surface area contributed by atoms with E-state index < -0.39 is 0 Å². The number of nitrogens with zero attached hydrogens (tertiary/aromatic N) is 2. The number of rotatable bonds is 6. The molecule has 1 aliphatic rings. The highest BCUT2D eigenvalue weighted by molar-refractivity contribution is 6.30. The fourth-order valence-electron chi connectivity index (χ4n) is 3.08. The van der Waals surface area contributed by atoms with E-state index in [0.717, 1.165) is 38.3 Å². The minimum Gasteiger partial charge on any atom is -0.298 e. The quantitative estimate of drug-likeness (QED) is 0.805. The Hall–Kier alpha value is -1.68. The van der Waals surface area contributed by atoms with Crippen LogP contribution in [0.3, 0.4) is 0 Å². The van der Waals surface area contributed by atoms with Crippen molar-refractivity contribution < 1.29 is 4.79 Å². The van der Waals surface area contributed by atoms with E-state index in [1.54, 1.807) is 0 Å². The Balaban J connectivity index is 1.41. The third kappa shape index (κ3) is 5.17. The van der Waals surface area contributed by atoms with Crippen LogP contribution in [-0.4, -0.2) is 48.3 Å². The van der Waals surface area contributed by atoms with E-state index in [-0.39, 0.29) is 5.78 Å². The van der Waals surface area contributed by atoms with Crippen LogP contribution < -0.4 is 0 Å². The number of halogens is 1. The summed E-state index contributed by atoms with van der Waals surface area (Å²) in [5.41, 5.74) is 2.39. The Morgan fingerprint density at radius 3 is 2.12 bits per heavy atom. The molecule has 2 aromatic carbocycles. The standard InChI is InChI=1S/C20H23ClN2O/c21-19-8-6-17(7-9-19)14-20(24)16-23-12-10-22(11-13-23)15-18-4-2-1-3-5-18/h1-9H,10-16H2. The maximum Gasteiger partial charge on any atom is 0.151 e. The molecule has 0 aromatic heterocycles. The Labute approximate surface area is 148 Å². The molecule has 0 aliphatic carbocycles. The highest BCUT2D eigenvalue weighted by Crippen LogP contribution is 2.11. The van der Waals surface area contributed by atoms with E-state index in [4.69, 9.17) is 11.6 Å². The van der Waals surface area contributed by atoms with Crippen molar-refractivity contribution in [1.29, 1.82) is 0 Å². The third-order valence-electron chi connectivity index (χ3n) is 4.43. The zero-order valence-electron chi connectivity index (χ0n) is 13.8. The molecule has 0 N–H and O–H groups in total. The summed E-state index contributed by atoms with van der Waals surface area (Å²) in [7, 11) is 0. The van der Waals surface area contributed by atoms with Crippen molar-refractivity contribution in [3.63, 3.8) is 0 Å². The minimum absolute atomic E-state index is 0.272. The monoisotopic (exact) mass is 342 g/mol. The highest BCUT2D eigenvalue weighted by atomic mass is 35.5. The molecule has 0 spiro atoms. The molecule has 0 amide bonds. The molecular formula is C20H23ClN2O. The Kier molecular flexibility index (Phi) is 6.02. The lowest BCUT2D eigenvalue weighted by atomic mass is 10.1. The zero-order chi connectivity index (χ0) is 16.8. The summed E-state index contributed by atoms with van der Waals surface area (Å²) >= 11 is 5.88. The summed E-state index contributed by atoms with van der Waals surface area (Å²) in [5, 5.41) is 0.709. The second-order valence-corrected chi connectivity index (χ2v) is 6.82. The van der Waals surface area contributed by atoms with Gasteiger partial charge in [-0.2, -0.15) is 0 Å². The molecule has 0 bridgehead atoms. The topological polar surface area (TPSA) is 23.6 Å². The Bertz CT molecular complexity index is 649. The average molecular weight is 343 g/mol. The molecule has 3 nitrogen and oxygen atoms in total. The van der Waals surface area contributed by atoms with Gasteiger partial charge in [0.05, 0.1) is 6.54 Å². The van der Waals surface area contributed by atoms with E-state index >= 15 is 0 Å². The van der Waals surface area contributed by atoms with Gasteiger partial charge in [-0.15, -0.1) is 0 Å². The summed E-state index contributed by atoms with van der Waals surface area (Å²) in [4.78, 5) is 17.0. The molecule has 0 radical (unpaired) electrons. The van der Waals surface area contributed by atoms with Gasteiger partial charge in [0.25, 0.3) is 0 Å². The second kappa shape index (κ2) is 8.43. The number of hydrogen-bond donors (Lipinski definition) is 0. The first-order valence-electron chi connectivity index (χ1n) is 8.44. The molecule has 3 rings (SSSR count). The van der Waals surface area contributed by atoms with Crippen molar-refractivity contribution in [2.45, 2.75) is 13.0 Å². The molecule has 1 aliphatic heterocycles. The summed E-state index contributed by atoms with van der Waals surface area (Å²) in [5.74, 6) is 0.272. The molecule has 4 heteroatoms. The van der Waals surface area contributed by atoms with Crippen LogP contribution in [0.2, 0.25) is 5.02 Å². The summed E-state index contributed by atoms with van der Waals surface area (Å²) in [6.07, 6.45) is 0.487. The van der Waals surface area contributed by atoms with Gasteiger partial charge in [-0.05, 0) is 23.3 Å². The van der Waals surface area contributed by atoms with Crippen molar-refractivity contribution in [3.8, 4) is 0 Å². The predicted octanol–water partition coefficient (Wildman–Crippen LogP) is 3.27. The number of hydrogen-bond acceptors (Lipinski definition) is 3. The summed E-state index contributed by atoms with van der Waals surface area (Å²) < 4.78 is 0. The van der Waals surface area contributed by atoms with Crippen molar-refractivity contribution in [3.05, 3.63) is 70.7 Å². The van der Waals surface area contributed by atoms with Crippen LogP contribution in [0.5, 0.6) is 0 Å². The SMILES string of the molecule is O=C(Cc1ccc(Cl)cc1)CN1CCN(Cc2ccccc2)CC1. The number of benzene rings is 2. The lowest BCUT2D eigenvalue weighted by Gasteiger charge is -2.34. The summed E-state index contributed by atoms with van der Waals surface area (Å²) in [6.45, 7) is 5.49. The van der Waals surface area contributed by atoms with Gasteiger partial charge < -0.3 is 0 Å². The number of carbonyl (C=O) groups excluding carboxylic acids is 1. The molecule has 0 unspecified atom stereocenters. The lowest BCUT2D eigenvalue weighted by molar-refractivity contribution is -0.120. The molecule has 0 atom stereocenters. The van der Waals surface area contributed by atoms with Gasteiger partial charge in [0.2, 0.25) is 0 Å². The first kappa shape index (κ1) is 17.2. The van der Waals surface area contributed by atoms with Crippen molar-refractivity contribution in [2.24, 2.45) is 0 Å². The van der Waals surface area contributed by atoms with E-state index in [2.05, 4.69) is 34.1 Å². The third-order valence-corrected chi connectivity index (χ3v) is 4.68. The van der Waals surface area contributed by atoms with Crippen LogP contribution >= 0.6 is 11.6 Å². The van der Waals surface area contributed by atoms with Crippen LogP contribution in [-0.2, 0) is 17.8 Å². The number of carbonyl (C=O) groups is 1. The van der Waals surface area contributed by atoms with E-state index in [9.17, 15) is 4.79 Å². The number of Topliss-reactive ketones (excluding diaryl/α,β-unsaturated/α-hetero) is 1. The van der Waals surface area contributed by atoms with Gasteiger partial charge in [0, 0.05) is 44.2 Å². The van der Waals surface area contributed by atoms with Gasteiger partial charge in [0.15, 0.2) is 5.78 Å². The van der Waals surface area contributed by atoms with E-state index in [1.807, 2.05) is 30.3 Å². The molecule has 1 saturated heterocycles. The Morgan fingerprint density at radius 1 is 0.833 bits per heavy atom. The fourth-order valence-corrected chi connectivity index (χ4v) is 3.21. The number of ketones is 1. The predicted molar refractivity (Wildman–Crippen MR) is 98.3 cm³/mol. The molecule has 1 fully saturated rings. The molecule has 24 heavy (non-hydrogen) atoms. The van der Waals surface area contributed by atoms with Crippen LogP contribution in [0.1, 0.15) is 11.1 Å². The molecule has 2 aromatic rings. The van der Waals surface area contributed by atoms with Crippen molar-refractivity contribution >= 4 is 17.4 Å². The van der Waals surface area contributed by atoms with Crippen molar-refractivity contribution in [1.82, 2.24) is 9.80 Å². The molecule has 0 saturated carbocycles. The van der Waals surface area contributed by atoms with Crippen LogP contribution in [0, 0.1) is 0 Å². The minimum atomic E-state index is 0.272. The lowest BCUT2D eigenvalue weighted by Crippen LogP contribution is -2.47. The molecule has 126 valence electrons. The fraction of sp³-hybridized carbons (Fsp3) is 0.350. The Morgan fingerprint density at radius 2 is 1.46 bits per heavy atom. The molecule has 1 heterocycles. The van der Waals surface area contributed by atoms with Gasteiger partial charge in [-0.1, -0.05) is 54.1 Å². The second-order valence-electron chi connectivity index (χ2n) is 6.38. The van der Waals surface area contributed by atoms with Gasteiger partial charge in [0.1, 0.15) is 0 Å². The maximum absolute atomic E-state index is 12.2. The van der Waals surface area contributed by atoms with Crippen LogP contribution in [0.25, 0.3) is 0 Å². The first-order valence-corrected chi connectivity index (χ1v) is 8.81.